The van der Waals surface area contributed by atoms with E-state index in [4.69, 9.17) is 0 Å². The molecule has 0 atom stereocenters. The zero-order valence-corrected chi connectivity index (χ0v) is 15.4. The molecule has 1 aromatic heterocycles. The fraction of sp³-hybridized carbons (Fsp3) is 0.316. The summed E-state index contributed by atoms with van der Waals surface area (Å²) in [7, 11) is 0. The molecule has 2 heterocycles. The minimum atomic E-state index is -0.266. The van der Waals surface area contributed by atoms with Gasteiger partial charge < -0.3 is 15.1 Å². The molecule has 1 aromatic carbocycles. The van der Waals surface area contributed by atoms with Crippen LogP contribution in [0, 0.1) is 0 Å². The fourth-order valence-corrected chi connectivity index (χ4v) is 3.57. The summed E-state index contributed by atoms with van der Waals surface area (Å²) in [5.74, 6) is -0.371. The summed E-state index contributed by atoms with van der Waals surface area (Å²) in [5, 5.41) is 6.72. The molecule has 26 heavy (non-hydrogen) atoms. The molecule has 6 nitrogen and oxygen atoms in total. The van der Waals surface area contributed by atoms with Gasteiger partial charge in [-0.15, -0.1) is 0 Å². The van der Waals surface area contributed by atoms with Crippen molar-refractivity contribution in [3.05, 3.63) is 46.7 Å². The van der Waals surface area contributed by atoms with Gasteiger partial charge in [-0.2, -0.15) is 11.3 Å². The molecule has 1 fully saturated rings. The minimum absolute atomic E-state index is 0.0240. The normalized spacial score (nSPS) is 14.2. The van der Waals surface area contributed by atoms with E-state index in [9.17, 15) is 14.4 Å². The van der Waals surface area contributed by atoms with E-state index in [1.165, 1.54) is 6.92 Å². The van der Waals surface area contributed by atoms with Gasteiger partial charge in [-0.05, 0) is 40.1 Å². The van der Waals surface area contributed by atoms with Gasteiger partial charge in [0.2, 0.25) is 11.8 Å². The molecule has 0 aliphatic carbocycles. The van der Waals surface area contributed by atoms with Crippen LogP contribution in [0.25, 0.3) is 11.1 Å². The lowest BCUT2D eigenvalue weighted by Crippen LogP contribution is -2.52. The van der Waals surface area contributed by atoms with Crippen LogP contribution in [0.2, 0.25) is 0 Å². The number of amides is 3. The highest BCUT2D eigenvalue weighted by Crippen LogP contribution is 2.22. The second kappa shape index (κ2) is 8.14. The molecule has 3 rings (SSSR count). The van der Waals surface area contributed by atoms with E-state index in [2.05, 4.69) is 5.32 Å². The molecule has 0 saturated carbocycles. The monoisotopic (exact) mass is 371 g/mol. The van der Waals surface area contributed by atoms with Crippen molar-refractivity contribution < 1.29 is 14.4 Å². The zero-order valence-electron chi connectivity index (χ0n) is 14.6. The summed E-state index contributed by atoms with van der Waals surface area (Å²) >= 11 is 1.61. The van der Waals surface area contributed by atoms with E-state index in [0.29, 0.717) is 31.7 Å². The first-order valence-electron chi connectivity index (χ1n) is 8.49. The van der Waals surface area contributed by atoms with Crippen LogP contribution in [0.4, 0.5) is 0 Å². The van der Waals surface area contributed by atoms with Gasteiger partial charge in [-0.3, -0.25) is 14.4 Å². The number of nitrogens with one attached hydrogen (secondary N) is 1. The van der Waals surface area contributed by atoms with Crippen LogP contribution in [0.1, 0.15) is 17.3 Å². The Kier molecular flexibility index (Phi) is 5.68. The number of benzene rings is 1. The first kappa shape index (κ1) is 18.1. The number of nitrogens with zero attached hydrogens (tertiary/aromatic N) is 2. The van der Waals surface area contributed by atoms with E-state index >= 15 is 0 Å². The van der Waals surface area contributed by atoms with Crippen LogP contribution in [0.5, 0.6) is 0 Å². The van der Waals surface area contributed by atoms with E-state index in [-0.39, 0.29) is 24.3 Å². The zero-order chi connectivity index (χ0) is 18.5. The molecule has 1 aliphatic heterocycles. The van der Waals surface area contributed by atoms with Crippen LogP contribution in [0.15, 0.2) is 41.1 Å². The van der Waals surface area contributed by atoms with Gasteiger partial charge in [0.1, 0.15) is 0 Å². The van der Waals surface area contributed by atoms with Crippen LogP contribution in [0.3, 0.4) is 0 Å². The SMILES string of the molecule is CC(=O)N1CCN(C(=O)CNC(=O)c2cccc(-c3ccsc3)c2)CC1. The molecule has 0 bridgehead atoms. The average molecular weight is 371 g/mol. The largest absolute Gasteiger partial charge is 0.343 e. The Hall–Kier alpha value is -2.67. The molecule has 1 N–H and O–H groups in total. The third kappa shape index (κ3) is 4.29. The van der Waals surface area contributed by atoms with E-state index in [0.717, 1.165) is 11.1 Å². The topological polar surface area (TPSA) is 69.7 Å². The van der Waals surface area contributed by atoms with Crippen molar-refractivity contribution in [2.45, 2.75) is 6.92 Å². The molecule has 1 saturated heterocycles. The molecule has 2 aromatic rings. The van der Waals surface area contributed by atoms with E-state index in [1.807, 2.05) is 35.0 Å². The summed E-state index contributed by atoms with van der Waals surface area (Å²) in [6.07, 6.45) is 0. The molecule has 7 heteroatoms. The number of carbonyl (C=O) groups is 3. The first-order chi connectivity index (χ1) is 12.5. The number of carbonyl (C=O) groups excluding carboxylic acids is 3. The Labute approximate surface area is 156 Å². The maximum atomic E-state index is 12.4. The Morgan fingerprint density at radius 2 is 1.77 bits per heavy atom. The summed E-state index contributed by atoms with van der Waals surface area (Å²) in [6, 6.07) is 9.36. The lowest BCUT2D eigenvalue weighted by atomic mass is 10.1. The maximum Gasteiger partial charge on any atom is 0.251 e. The van der Waals surface area contributed by atoms with Gasteiger partial charge in [0.15, 0.2) is 0 Å². The number of hydrogen-bond acceptors (Lipinski definition) is 4. The van der Waals surface area contributed by atoms with Crippen LogP contribution in [-0.4, -0.2) is 60.2 Å². The van der Waals surface area contributed by atoms with Crippen molar-refractivity contribution >= 4 is 29.1 Å². The fourth-order valence-electron chi connectivity index (χ4n) is 2.91. The second-order valence-electron chi connectivity index (χ2n) is 6.16. The smallest absolute Gasteiger partial charge is 0.251 e. The van der Waals surface area contributed by atoms with Crippen LogP contribution >= 0.6 is 11.3 Å². The lowest BCUT2D eigenvalue weighted by molar-refractivity contribution is -0.137. The van der Waals surface area contributed by atoms with Gasteiger partial charge in [-0.25, -0.2) is 0 Å². The van der Waals surface area contributed by atoms with Crippen molar-refractivity contribution in [1.82, 2.24) is 15.1 Å². The molecular formula is C19H21N3O3S. The minimum Gasteiger partial charge on any atom is -0.343 e. The predicted molar refractivity (Wildman–Crippen MR) is 101 cm³/mol. The summed E-state index contributed by atoms with van der Waals surface area (Å²) < 4.78 is 0. The third-order valence-corrected chi connectivity index (χ3v) is 5.14. The van der Waals surface area contributed by atoms with Crippen molar-refractivity contribution in [3.8, 4) is 11.1 Å². The standard InChI is InChI=1S/C19H21N3O3S/c1-14(23)21-6-8-22(9-7-21)18(24)12-20-19(25)16-4-2-3-15(11-16)17-5-10-26-13-17/h2-5,10-11,13H,6-9,12H2,1H3,(H,20,25). The third-order valence-electron chi connectivity index (χ3n) is 4.46. The highest BCUT2D eigenvalue weighted by molar-refractivity contribution is 7.08. The number of piperazine rings is 1. The maximum absolute atomic E-state index is 12.4. The van der Waals surface area contributed by atoms with Gasteiger partial charge >= 0.3 is 0 Å². The molecular weight excluding hydrogens is 350 g/mol. The predicted octanol–water partition coefficient (Wildman–Crippen LogP) is 1.84. The van der Waals surface area contributed by atoms with Gasteiger partial charge in [0, 0.05) is 38.7 Å². The Morgan fingerprint density at radius 3 is 2.42 bits per heavy atom. The average Bonchev–Trinajstić information content (AvgIpc) is 3.21. The van der Waals surface area contributed by atoms with Gasteiger partial charge in [0.25, 0.3) is 5.91 Å². The second-order valence-corrected chi connectivity index (χ2v) is 6.94. The summed E-state index contributed by atoms with van der Waals surface area (Å²) in [5.41, 5.74) is 2.58. The van der Waals surface area contributed by atoms with Crippen molar-refractivity contribution in [2.75, 3.05) is 32.7 Å². The summed E-state index contributed by atoms with van der Waals surface area (Å²) in [6.45, 7) is 3.57. The van der Waals surface area contributed by atoms with Crippen molar-refractivity contribution in [2.24, 2.45) is 0 Å². The van der Waals surface area contributed by atoms with Crippen molar-refractivity contribution in [3.63, 3.8) is 0 Å². The van der Waals surface area contributed by atoms with Gasteiger partial charge in [0.05, 0.1) is 6.54 Å². The molecule has 3 amide bonds. The summed E-state index contributed by atoms with van der Waals surface area (Å²) in [4.78, 5) is 39.4. The number of hydrogen-bond donors (Lipinski definition) is 1. The molecule has 0 radical (unpaired) electrons. The first-order valence-corrected chi connectivity index (χ1v) is 9.43. The number of rotatable bonds is 4. The Balaban J connectivity index is 1.53. The molecule has 0 spiro atoms. The lowest BCUT2D eigenvalue weighted by Gasteiger charge is -2.34. The Bertz CT molecular complexity index is 796. The highest BCUT2D eigenvalue weighted by Gasteiger charge is 2.22. The van der Waals surface area contributed by atoms with Gasteiger partial charge in [-0.1, -0.05) is 12.1 Å². The van der Waals surface area contributed by atoms with E-state index < -0.39 is 0 Å². The van der Waals surface area contributed by atoms with Crippen molar-refractivity contribution in [1.29, 1.82) is 0 Å². The molecule has 1 aliphatic rings. The quantitative estimate of drug-likeness (QED) is 0.892. The van der Waals surface area contributed by atoms with Crippen LogP contribution < -0.4 is 5.32 Å². The van der Waals surface area contributed by atoms with Crippen LogP contribution in [-0.2, 0) is 9.59 Å². The Morgan fingerprint density at radius 1 is 1.04 bits per heavy atom. The number of thiophene rings is 1. The highest BCUT2D eigenvalue weighted by atomic mass is 32.1. The molecule has 0 unspecified atom stereocenters. The molecule has 136 valence electrons. The van der Waals surface area contributed by atoms with E-state index in [1.54, 1.807) is 27.2 Å².